The Hall–Kier alpha value is -2.08. The molecule has 2 aromatic rings. The van der Waals surface area contributed by atoms with Crippen LogP contribution in [-0.4, -0.2) is 25.9 Å². The van der Waals surface area contributed by atoms with Crippen molar-refractivity contribution < 1.29 is 9.90 Å². The lowest BCUT2D eigenvalue weighted by atomic mass is 10.2. The van der Waals surface area contributed by atoms with E-state index in [4.69, 9.17) is 5.11 Å². The zero-order chi connectivity index (χ0) is 14.7. The molecule has 1 atom stereocenters. The van der Waals surface area contributed by atoms with Gasteiger partial charge in [0.2, 0.25) is 0 Å². The molecule has 0 spiro atoms. The molecule has 1 heterocycles. The topological polar surface area (TPSA) is 72.2 Å². The van der Waals surface area contributed by atoms with E-state index in [2.05, 4.69) is 11.6 Å². The van der Waals surface area contributed by atoms with Crippen LogP contribution in [0.15, 0.2) is 46.9 Å². The standard InChI is InChI=1S/C14H14N2O3S/c1-3-8-16-12(17)10-6-4-5-7-11(10)15-14(16)20-9(2)13(18)19/h3-7,9H,1,8H2,2H3,(H,18,19)/t9-/m0/s1. The molecule has 0 fully saturated rings. The Labute approximate surface area is 120 Å². The van der Waals surface area contributed by atoms with Crippen molar-refractivity contribution in [1.82, 2.24) is 9.55 Å². The second-order valence-corrected chi connectivity index (χ2v) is 5.52. The van der Waals surface area contributed by atoms with Gasteiger partial charge in [0.1, 0.15) is 5.25 Å². The number of hydrogen-bond donors (Lipinski definition) is 1. The van der Waals surface area contributed by atoms with Gasteiger partial charge in [0.25, 0.3) is 5.56 Å². The lowest BCUT2D eigenvalue weighted by Gasteiger charge is -2.13. The maximum atomic E-state index is 12.4. The molecule has 104 valence electrons. The highest BCUT2D eigenvalue weighted by Crippen LogP contribution is 2.22. The number of carbonyl (C=O) groups is 1. The lowest BCUT2D eigenvalue weighted by Crippen LogP contribution is -2.24. The van der Waals surface area contributed by atoms with Crippen LogP contribution in [0.1, 0.15) is 6.92 Å². The summed E-state index contributed by atoms with van der Waals surface area (Å²) >= 11 is 1.05. The molecular formula is C14H14N2O3S. The van der Waals surface area contributed by atoms with Crippen LogP contribution in [0.4, 0.5) is 0 Å². The number of hydrogen-bond acceptors (Lipinski definition) is 4. The Balaban J connectivity index is 2.62. The molecule has 0 aliphatic carbocycles. The van der Waals surface area contributed by atoms with E-state index < -0.39 is 11.2 Å². The molecule has 0 amide bonds. The first-order valence-corrected chi connectivity index (χ1v) is 6.92. The van der Waals surface area contributed by atoms with Crippen LogP contribution in [0.2, 0.25) is 0 Å². The fourth-order valence-corrected chi connectivity index (χ4v) is 2.59. The van der Waals surface area contributed by atoms with E-state index in [1.807, 2.05) is 0 Å². The summed E-state index contributed by atoms with van der Waals surface area (Å²) in [6.07, 6.45) is 1.59. The van der Waals surface area contributed by atoms with E-state index in [-0.39, 0.29) is 5.56 Å². The second kappa shape index (κ2) is 5.92. The maximum Gasteiger partial charge on any atom is 0.316 e. The first kappa shape index (κ1) is 14.3. The number of benzene rings is 1. The number of allylic oxidation sites excluding steroid dienone is 1. The maximum absolute atomic E-state index is 12.4. The first-order chi connectivity index (χ1) is 9.54. The van der Waals surface area contributed by atoms with Gasteiger partial charge in [-0.05, 0) is 19.1 Å². The summed E-state index contributed by atoms with van der Waals surface area (Å²) in [6.45, 7) is 5.48. The Morgan fingerprint density at radius 2 is 2.25 bits per heavy atom. The molecule has 1 N–H and O–H groups in total. The van der Waals surface area contributed by atoms with E-state index in [9.17, 15) is 9.59 Å². The van der Waals surface area contributed by atoms with Crippen LogP contribution in [0.3, 0.4) is 0 Å². The van der Waals surface area contributed by atoms with Crippen LogP contribution in [0.5, 0.6) is 0 Å². The summed E-state index contributed by atoms with van der Waals surface area (Å²) in [5, 5.41) is 9.22. The molecule has 0 unspecified atom stereocenters. The minimum Gasteiger partial charge on any atom is -0.480 e. The number of thioether (sulfide) groups is 1. The minimum absolute atomic E-state index is 0.185. The Morgan fingerprint density at radius 1 is 1.55 bits per heavy atom. The molecule has 0 aliphatic heterocycles. The number of aromatic nitrogens is 2. The van der Waals surface area contributed by atoms with Gasteiger partial charge in [-0.1, -0.05) is 30.0 Å². The van der Waals surface area contributed by atoms with E-state index in [0.29, 0.717) is 22.6 Å². The summed E-state index contributed by atoms with van der Waals surface area (Å²) in [7, 11) is 0. The summed E-state index contributed by atoms with van der Waals surface area (Å²) in [4.78, 5) is 27.8. The SMILES string of the molecule is C=CCn1c(S[C@@H](C)C(=O)O)nc2ccccc2c1=O. The van der Waals surface area contributed by atoms with E-state index in [1.54, 1.807) is 37.3 Å². The zero-order valence-corrected chi connectivity index (χ0v) is 11.8. The number of nitrogens with zero attached hydrogens (tertiary/aromatic N) is 2. The summed E-state index contributed by atoms with van der Waals surface area (Å²) < 4.78 is 1.44. The Kier molecular flexibility index (Phi) is 4.24. The number of aliphatic carboxylic acids is 1. The smallest absolute Gasteiger partial charge is 0.316 e. The number of para-hydroxylation sites is 1. The number of carboxylic acid groups (broad SMARTS) is 1. The predicted molar refractivity (Wildman–Crippen MR) is 79.2 cm³/mol. The molecular weight excluding hydrogens is 276 g/mol. The number of carboxylic acids is 1. The molecule has 0 radical (unpaired) electrons. The Morgan fingerprint density at radius 3 is 2.90 bits per heavy atom. The van der Waals surface area contributed by atoms with Gasteiger partial charge >= 0.3 is 5.97 Å². The molecule has 5 nitrogen and oxygen atoms in total. The van der Waals surface area contributed by atoms with Crippen LogP contribution in [-0.2, 0) is 11.3 Å². The third kappa shape index (κ3) is 2.75. The summed E-state index contributed by atoms with van der Waals surface area (Å²) in [5.74, 6) is -0.942. The zero-order valence-electron chi connectivity index (χ0n) is 10.9. The minimum atomic E-state index is -0.942. The fraction of sp³-hybridized carbons (Fsp3) is 0.214. The Bertz CT molecular complexity index is 724. The van der Waals surface area contributed by atoms with Gasteiger partial charge in [0.15, 0.2) is 5.16 Å². The average Bonchev–Trinajstić information content (AvgIpc) is 2.43. The van der Waals surface area contributed by atoms with E-state index >= 15 is 0 Å². The van der Waals surface area contributed by atoms with Gasteiger partial charge in [0.05, 0.1) is 10.9 Å². The highest BCUT2D eigenvalue weighted by Gasteiger charge is 2.17. The lowest BCUT2D eigenvalue weighted by molar-refractivity contribution is -0.136. The summed E-state index contributed by atoms with van der Waals surface area (Å²) in [6, 6.07) is 7.02. The highest BCUT2D eigenvalue weighted by atomic mass is 32.2. The third-order valence-electron chi connectivity index (χ3n) is 2.77. The van der Waals surface area contributed by atoms with Crippen molar-refractivity contribution in [2.24, 2.45) is 0 Å². The van der Waals surface area contributed by atoms with Crippen LogP contribution in [0.25, 0.3) is 10.9 Å². The van der Waals surface area contributed by atoms with Crippen molar-refractivity contribution in [1.29, 1.82) is 0 Å². The van der Waals surface area contributed by atoms with Gasteiger partial charge in [-0.3, -0.25) is 14.2 Å². The van der Waals surface area contributed by atoms with Gasteiger partial charge < -0.3 is 5.11 Å². The predicted octanol–water partition coefficient (Wildman–Crippen LogP) is 2.15. The molecule has 0 bridgehead atoms. The largest absolute Gasteiger partial charge is 0.480 e. The van der Waals surface area contributed by atoms with Gasteiger partial charge in [-0.15, -0.1) is 6.58 Å². The van der Waals surface area contributed by atoms with Crippen LogP contribution >= 0.6 is 11.8 Å². The molecule has 6 heteroatoms. The monoisotopic (exact) mass is 290 g/mol. The van der Waals surface area contributed by atoms with Crippen molar-refractivity contribution in [2.45, 2.75) is 23.9 Å². The normalized spacial score (nSPS) is 12.2. The van der Waals surface area contributed by atoms with E-state index in [1.165, 1.54) is 4.57 Å². The number of rotatable bonds is 5. The van der Waals surface area contributed by atoms with E-state index in [0.717, 1.165) is 11.8 Å². The van der Waals surface area contributed by atoms with Gasteiger partial charge in [-0.25, -0.2) is 4.98 Å². The van der Waals surface area contributed by atoms with Gasteiger partial charge in [-0.2, -0.15) is 0 Å². The van der Waals surface area contributed by atoms with Crippen molar-refractivity contribution in [3.05, 3.63) is 47.3 Å². The van der Waals surface area contributed by atoms with Crippen molar-refractivity contribution >= 4 is 28.6 Å². The molecule has 0 saturated heterocycles. The summed E-state index contributed by atoms with van der Waals surface area (Å²) in [5.41, 5.74) is 0.383. The molecule has 0 aliphatic rings. The van der Waals surface area contributed by atoms with Crippen molar-refractivity contribution in [2.75, 3.05) is 0 Å². The molecule has 1 aromatic carbocycles. The number of fused-ring (bicyclic) bond motifs is 1. The average molecular weight is 290 g/mol. The second-order valence-electron chi connectivity index (χ2n) is 4.21. The van der Waals surface area contributed by atoms with Gasteiger partial charge in [0, 0.05) is 6.54 Å². The fourth-order valence-electron chi connectivity index (χ4n) is 1.74. The van der Waals surface area contributed by atoms with Crippen LogP contribution in [0, 0.1) is 0 Å². The third-order valence-corrected chi connectivity index (χ3v) is 3.85. The molecule has 2 rings (SSSR count). The highest BCUT2D eigenvalue weighted by molar-refractivity contribution is 8.00. The first-order valence-electron chi connectivity index (χ1n) is 6.04. The molecule has 0 saturated carbocycles. The quantitative estimate of drug-likeness (QED) is 0.519. The van der Waals surface area contributed by atoms with Crippen molar-refractivity contribution in [3.63, 3.8) is 0 Å². The van der Waals surface area contributed by atoms with Crippen molar-refractivity contribution in [3.8, 4) is 0 Å². The molecule has 1 aromatic heterocycles. The van der Waals surface area contributed by atoms with Crippen LogP contribution < -0.4 is 5.56 Å². The molecule has 20 heavy (non-hydrogen) atoms.